The highest BCUT2D eigenvalue weighted by Gasteiger charge is 2.27. The first kappa shape index (κ1) is 24.6. The van der Waals surface area contributed by atoms with E-state index in [-0.39, 0.29) is 29.7 Å². The fraction of sp³-hybridized carbons (Fsp3) is 0.409. The molecule has 1 aliphatic heterocycles. The summed E-state index contributed by atoms with van der Waals surface area (Å²) in [6, 6.07) is 21.0. The van der Waals surface area contributed by atoms with Gasteiger partial charge in [-0.1, -0.05) is 60.7 Å². The first-order valence-electron chi connectivity index (χ1n) is 10.1. The number of aliphatic imine (C=N–C) groups is 1. The van der Waals surface area contributed by atoms with Crippen molar-refractivity contribution in [3.63, 3.8) is 0 Å². The second-order valence-corrected chi connectivity index (χ2v) is 9.25. The molecule has 8 heteroatoms. The van der Waals surface area contributed by atoms with Gasteiger partial charge >= 0.3 is 0 Å². The Morgan fingerprint density at radius 1 is 1.00 bits per heavy atom. The molecule has 2 aromatic carbocycles. The average Bonchev–Trinajstić information content (AvgIpc) is 3.09. The molecule has 164 valence electrons. The van der Waals surface area contributed by atoms with Gasteiger partial charge in [0, 0.05) is 39.1 Å². The molecule has 2 N–H and O–H groups in total. The van der Waals surface area contributed by atoms with E-state index in [1.165, 1.54) is 11.1 Å². The van der Waals surface area contributed by atoms with Crippen LogP contribution in [0.3, 0.4) is 0 Å². The number of hydrogen-bond donors (Lipinski definition) is 2. The van der Waals surface area contributed by atoms with Crippen molar-refractivity contribution in [3.8, 4) is 0 Å². The minimum Gasteiger partial charge on any atom is -0.356 e. The highest BCUT2D eigenvalue weighted by Crippen LogP contribution is 2.27. The normalized spacial score (nSPS) is 16.3. The monoisotopic (exact) mass is 542 g/mol. The maximum atomic E-state index is 11.9. The lowest BCUT2D eigenvalue weighted by Crippen LogP contribution is -2.42. The molecule has 0 saturated carbocycles. The van der Waals surface area contributed by atoms with Crippen molar-refractivity contribution in [1.82, 2.24) is 14.9 Å². The average molecular weight is 542 g/mol. The van der Waals surface area contributed by atoms with E-state index >= 15 is 0 Å². The number of guanidine groups is 1. The zero-order valence-corrected chi connectivity index (χ0v) is 20.5. The lowest BCUT2D eigenvalue weighted by molar-refractivity contribution is 0.445. The van der Waals surface area contributed by atoms with Crippen molar-refractivity contribution in [2.75, 3.05) is 39.0 Å². The van der Waals surface area contributed by atoms with E-state index in [1.807, 2.05) is 12.1 Å². The largest absolute Gasteiger partial charge is 0.356 e. The van der Waals surface area contributed by atoms with E-state index in [1.54, 1.807) is 11.4 Å². The molecule has 0 unspecified atom stereocenters. The number of hydrogen-bond acceptors (Lipinski definition) is 3. The molecule has 1 fully saturated rings. The Morgan fingerprint density at radius 2 is 1.57 bits per heavy atom. The number of nitrogens with zero attached hydrogens (tertiary/aromatic N) is 2. The van der Waals surface area contributed by atoms with Crippen molar-refractivity contribution in [3.05, 3.63) is 71.8 Å². The van der Waals surface area contributed by atoms with Crippen LogP contribution >= 0.6 is 24.0 Å². The van der Waals surface area contributed by atoms with E-state index in [2.05, 4.69) is 64.2 Å². The van der Waals surface area contributed by atoms with Crippen LogP contribution in [0.2, 0.25) is 0 Å². The summed E-state index contributed by atoms with van der Waals surface area (Å²) in [5.74, 6) is 1.26. The number of nitrogens with one attached hydrogen (secondary N) is 2. The minimum atomic E-state index is -3.05. The smallest absolute Gasteiger partial charge is 0.214 e. The Kier molecular flexibility index (Phi) is 10.1. The quantitative estimate of drug-likeness (QED) is 0.306. The van der Waals surface area contributed by atoms with E-state index in [9.17, 15) is 8.42 Å². The molecular weight excluding hydrogens is 511 g/mol. The Hall–Kier alpha value is -1.65. The molecule has 3 rings (SSSR count). The molecular formula is C22H31IN4O2S. The fourth-order valence-electron chi connectivity index (χ4n) is 3.69. The van der Waals surface area contributed by atoms with Crippen LogP contribution in [0.4, 0.5) is 0 Å². The van der Waals surface area contributed by atoms with Crippen LogP contribution in [-0.2, 0) is 10.0 Å². The molecule has 0 bridgehead atoms. The number of benzene rings is 2. The molecule has 0 spiro atoms. The Bertz CT molecular complexity index is 852. The SMILES string of the molecule is CN=C(NCCC(c1ccccc1)c1ccccc1)NCCN1CCCS1(=O)=O.I. The van der Waals surface area contributed by atoms with E-state index in [4.69, 9.17) is 0 Å². The second-order valence-electron chi connectivity index (χ2n) is 7.16. The number of rotatable bonds is 8. The fourth-order valence-corrected chi connectivity index (χ4v) is 5.22. The topological polar surface area (TPSA) is 73.8 Å². The zero-order valence-electron chi connectivity index (χ0n) is 17.3. The van der Waals surface area contributed by atoms with Crippen LogP contribution in [-0.4, -0.2) is 57.7 Å². The molecule has 0 aromatic heterocycles. The van der Waals surface area contributed by atoms with Gasteiger partial charge in [0.15, 0.2) is 5.96 Å². The maximum absolute atomic E-state index is 11.9. The summed E-state index contributed by atoms with van der Waals surface area (Å²) in [6.07, 6.45) is 1.64. The lowest BCUT2D eigenvalue weighted by Gasteiger charge is -2.20. The molecule has 1 saturated heterocycles. The first-order chi connectivity index (χ1) is 14.1. The van der Waals surface area contributed by atoms with Crippen LogP contribution in [0.1, 0.15) is 29.9 Å². The van der Waals surface area contributed by atoms with Gasteiger partial charge in [-0.05, 0) is 24.0 Å². The summed E-state index contributed by atoms with van der Waals surface area (Å²) in [5.41, 5.74) is 2.59. The summed E-state index contributed by atoms with van der Waals surface area (Å²) in [6.45, 7) is 2.39. The van der Waals surface area contributed by atoms with Gasteiger partial charge in [-0.2, -0.15) is 0 Å². The van der Waals surface area contributed by atoms with E-state index < -0.39 is 10.0 Å². The van der Waals surface area contributed by atoms with Gasteiger partial charge in [-0.15, -0.1) is 24.0 Å². The third kappa shape index (κ3) is 6.95. The summed E-state index contributed by atoms with van der Waals surface area (Å²) < 4.78 is 25.3. The third-order valence-corrected chi connectivity index (χ3v) is 7.17. The zero-order chi connectivity index (χ0) is 20.5. The summed E-state index contributed by atoms with van der Waals surface area (Å²) in [4.78, 5) is 4.26. The predicted molar refractivity (Wildman–Crippen MR) is 134 cm³/mol. The third-order valence-electron chi connectivity index (χ3n) is 5.21. The number of sulfonamides is 1. The molecule has 1 heterocycles. The predicted octanol–water partition coefficient (Wildman–Crippen LogP) is 3.03. The Labute approximate surface area is 197 Å². The van der Waals surface area contributed by atoms with Gasteiger partial charge in [-0.3, -0.25) is 4.99 Å². The first-order valence-corrected chi connectivity index (χ1v) is 11.7. The Morgan fingerprint density at radius 3 is 2.07 bits per heavy atom. The highest BCUT2D eigenvalue weighted by molar-refractivity contribution is 14.0. The van der Waals surface area contributed by atoms with Gasteiger partial charge in [0.1, 0.15) is 0 Å². The van der Waals surface area contributed by atoms with Crippen molar-refractivity contribution in [2.45, 2.75) is 18.8 Å². The van der Waals surface area contributed by atoms with Crippen LogP contribution in [0.15, 0.2) is 65.7 Å². The van der Waals surface area contributed by atoms with Crippen molar-refractivity contribution in [2.24, 2.45) is 4.99 Å². The summed E-state index contributed by atoms with van der Waals surface area (Å²) in [5, 5.41) is 6.58. The van der Waals surface area contributed by atoms with Gasteiger partial charge in [0.05, 0.1) is 5.75 Å². The molecule has 0 atom stereocenters. The summed E-state index contributed by atoms with van der Waals surface area (Å²) in [7, 11) is -1.32. The van der Waals surface area contributed by atoms with Crippen LogP contribution in [0.25, 0.3) is 0 Å². The van der Waals surface area contributed by atoms with Crippen molar-refractivity contribution < 1.29 is 8.42 Å². The number of halogens is 1. The standard InChI is InChI=1S/C22H30N4O2S.HI/c1-23-22(25-15-17-26-16-8-18-29(26,27)28)24-14-13-21(19-9-4-2-5-10-19)20-11-6-3-7-12-20;/h2-7,9-12,21H,8,13-18H2,1H3,(H2,23,24,25);1H. The molecule has 0 amide bonds. The molecule has 0 aliphatic carbocycles. The highest BCUT2D eigenvalue weighted by atomic mass is 127. The molecule has 30 heavy (non-hydrogen) atoms. The van der Waals surface area contributed by atoms with Crippen LogP contribution in [0, 0.1) is 0 Å². The molecule has 0 radical (unpaired) electrons. The van der Waals surface area contributed by atoms with Crippen LogP contribution in [0.5, 0.6) is 0 Å². The van der Waals surface area contributed by atoms with E-state index in [0.717, 1.165) is 19.4 Å². The van der Waals surface area contributed by atoms with Crippen molar-refractivity contribution >= 4 is 40.0 Å². The van der Waals surface area contributed by atoms with E-state index in [0.29, 0.717) is 31.5 Å². The van der Waals surface area contributed by atoms with Crippen molar-refractivity contribution in [1.29, 1.82) is 0 Å². The molecule has 6 nitrogen and oxygen atoms in total. The Balaban J connectivity index is 0.00000320. The van der Waals surface area contributed by atoms with Crippen LogP contribution < -0.4 is 10.6 Å². The second kappa shape index (κ2) is 12.3. The molecule has 2 aromatic rings. The van der Waals surface area contributed by atoms with Gasteiger partial charge in [0.25, 0.3) is 0 Å². The van der Waals surface area contributed by atoms with Gasteiger partial charge in [0.2, 0.25) is 10.0 Å². The van der Waals surface area contributed by atoms with Gasteiger partial charge < -0.3 is 10.6 Å². The van der Waals surface area contributed by atoms with Gasteiger partial charge in [-0.25, -0.2) is 12.7 Å². The maximum Gasteiger partial charge on any atom is 0.214 e. The lowest BCUT2D eigenvalue weighted by atomic mass is 9.88. The molecule has 1 aliphatic rings. The minimum absolute atomic E-state index is 0. The summed E-state index contributed by atoms with van der Waals surface area (Å²) >= 11 is 0.